The lowest BCUT2D eigenvalue weighted by Gasteiger charge is -2.32. The van der Waals surface area contributed by atoms with Crippen molar-refractivity contribution in [3.63, 3.8) is 0 Å². The van der Waals surface area contributed by atoms with Gasteiger partial charge in [-0.25, -0.2) is 0 Å². The van der Waals surface area contributed by atoms with E-state index in [0.717, 1.165) is 49.1 Å². The van der Waals surface area contributed by atoms with Gasteiger partial charge >= 0.3 is 6.18 Å². The van der Waals surface area contributed by atoms with Crippen molar-refractivity contribution in [2.45, 2.75) is 25.6 Å². The van der Waals surface area contributed by atoms with Crippen LogP contribution in [-0.4, -0.2) is 42.9 Å². The molecule has 0 bridgehead atoms. The number of carbonyl (C=O) groups excluding carboxylic acids is 2. The number of nitrogens with zero attached hydrogens (tertiary/aromatic N) is 1. The number of nitrogens with two attached hydrogens (primary N) is 1. The van der Waals surface area contributed by atoms with Crippen molar-refractivity contribution in [3.05, 3.63) is 63.6 Å². The molecule has 1 aliphatic heterocycles. The summed E-state index contributed by atoms with van der Waals surface area (Å²) >= 11 is 3.43. The molecule has 0 aliphatic carbocycles. The fourth-order valence-electron chi connectivity index (χ4n) is 3.70. The highest BCUT2D eigenvalue weighted by Crippen LogP contribution is 2.31. The van der Waals surface area contributed by atoms with Gasteiger partial charge in [0.15, 0.2) is 0 Å². The average molecular weight is 527 g/mol. The van der Waals surface area contributed by atoms with Gasteiger partial charge in [0.2, 0.25) is 5.91 Å². The Morgan fingerprint density at radius 1 is 1.06 bits per heavy atom. The molecule has 178 valence electrons. The van der Waals surface area contributed by atoms with E-state index in [9.17, 15) is 22.8 Å². The minimum absolute atomic E-state index is 0.0872. The first-order valence-electron chi connectivity index (χ1n) is 10.6. The summed E-state index contributed by atoms with van der Waals surface area (Å²) in [6, 6.07) is 10.8. The second kappa shape index (κ2) is 11.0. The number of rotatable bonds is 7. The van der Waals surface area contributed by atoms with Crippen LogP contribution in [0, 0.1) is 5.92 Å². The number of halogens is 4. The van der Waals surface area contributed by atoms with Crippen LogP contribution in [0.5, 0.6) is 0 Å². The molecule has 1 aliphatic rings. The van der Waals surface area contributed by atoms with E-state index in [0.29, 0.717) is 18.5 Å². The van der Waals surface area contributed by atoms with Crippen molar-refractivity contribution in [1.29, 1.82) is 0 Å². The quantitative estimate of drug-likeness (QED) is 0.478. The van der Waals surface area contributed by atoms with Gasteiger partial charge in [-0.3, -0.25) is 14.5 Å². The number of nitrogen functional groups attached to an aromatic ring is 1. The SMILES string of the molecule is Nc1ccc(C(F)(F)F)cc1C(=O)NCC(=O)NCC1CCN(Cc2ccc(Br)cc2)CC1. The lowest BCUT2D eigenvalue weighted by molar-refractivity contribution is -0.137. The molecule has 2 aromatic rings. The number of amides is 2. The van der Waals surface area contributed by atoms with Gasteiger partial charge < -0.3 is 16.4 Å². The lowest BCUT2D eigenvalue weighted by atomic mass is 9.96. The molecule has 3 rings (SSSR count). The van der Waals surface area contributed by atoms with E-state index in [1.807, 2.05) is 12.1 Å². The van der Waals surface area contributed by atoms with Gasteiger partial charge in [-0.15, -0.1) is 0 Å². The predicted octanol–water partition coefficient (Wildman–Crippen LogP) is 3.81. The summed E-state index contributed by atoms with van der Waals surface area (Å²) in [6.07, 6.45) is -2.69. The molecule has 10 heteroatoms. The van der Waals surface area contributed by atoms with Crippen LogP contribution in [0.3, 0.4) is 0 Å². The van der Waals surface area contributed by atoms with Crippen LogP contribution in [0.4, 0.5) is 18.9 Å². The zero-order valence-corrected chi connectivity index (χ0v) is 19.5. The van der Waals surface area contributed by atoms with E-state index in [1.165, 1.54) is 5.56 Å². The van der Waals surface area contributed by atoms with E-state index in [2.05, 4.69) is 43.6 Å². The summed E-state index contributed by atoms with van der Waals surface area (Å²) in [7, 11) is 0. The zero-order valence-electron chi connectivity index (χ0n) is 17.9. The van der Waals surface area contributed by atoms with E-state index in [-0.39, 0.29) is 17.8 Å². The number of hydrogen-bond donors (Lipinski definition) is 3. The Morgan fingerprint density at radius 2 is 1.73 bits per heavy atom. The molecular weight excluding hydrogens is 501 g/mol. The minimum atomic E-state index is -4.59. The van der Waals surface area contributed by atoms with Gasteiger partial charge in [0.1, 0.15) is 0 Å². The highest BCUT2D eigenvalue weighted by Gasteiger charge is 2.31. The Morgan fingerprint density at radius 3 is 2.36 bits per heavy atom. The van der Waals surface area contributed by atoms with Crippen molar-refractivity contribution < 1.29 is 22.8 Å². The zero-order chi connectivity index (χ0) is 24.0. The molecule has 33 heavy (non-hydrogen) atoms. The largest absolute Gasteiger partial charge is 0.416 e. The van der Waals surface area contributed by atoms with Crippen LogP contribution in [-0.2, 0) is 17.5 Å². The highest BCUT2D eigenvalue weighted by molar-refractivity contribution is 9.10. The van der Waals surface area contributed by atoms with Gasteiger partial charge in [0.25, 0.3) is 5.91 Å². The molecular formula is C23H26BrF3N4O2. The number of nitrogens with one attached hydrogen (secondary N) is 2. The monoisotopic (exact) mass is 526 g/mol. The lowest BCUT2D eigenvalue weighted by Crippen LogP contribution is -2.41. The van der Waals surface area contributed by atoms with Crippen LogP contribution in [0.2, 0.25) is 0 Å². The topological polar surface area (TPSA) is 87.5 Å². The van der Waals surface area contributed by atoms with Crippen LogP contribution in [0.1, 0.15) is 34.3 Å². The normalized spacial score (nSPS) is 15.3. The number of carbonyl (C=O) groups is 2. The molecule has 2 aromatic carbocycles. The molecule has 0 aromatic heterocycles. The second-order valence-corrected chi connectivity index (χ2v) is 9.05. The molecule has 0 saturated carbocycles. The van der Waals surface area contributed by atoms with Crippen molar-refractivity contribution in [2.75, 3.05) is 31.9 Å². The maximum atomic E-state index is 12.9. The average Bonchev–Trinajstić information content (AvgIpc) is 2.78. The minimum Gasteiger partial charge on any atom is -0.398 e. The van der Waals surface area contributed by atoms with Crippen molar-refractivity contribution >= 4 is 33.4 Å². The van der Waals surface area contributed by atoms with Crippen LogP contribution >= 0.6 is 15.9 Å². The Balaban J connectivity index is 1.39. The van der Waals surface area contributed by atoms with Crippen molar-refractivity contribution in [1.82, 2.24) is 15.5 Å². The summed E-state index contributed by atoms with van der Waals surface area (Å²) in [5.74, 6) is -0.883. The van der Waals surface area contributed by atoms with Crippen molar-refractivity contribution in [2.24, 2.45) is 5.92 Å². The molecule has 1 fully saturated rings. The van der Waals surface area contributed by atoms with Gasteiger partial charge in [-0.2, -0.15) is 13.2 Å². The molecule has 0 unspecified atom stereocenters. The number of benzene rings is 2. The van der Waals surface area contributed by atoms with Crippen molar-refractivity contribution in [3.8, 4) is 0 Å². The Labute approximate surface area is 198 Å². The maximum absolute atomic E-state index is 12.9. The number of anilines is 1. The summed E-state index contributed by atoms with van der Waals surface area (Å²) < 4.78 is 39.6. The first-order chi connectivity index (χ1) is 15.6. The van der Waals surface area contributed by atoms with E-state index in [4.69, 9.17) is 5.73 Å². The third-order valence-electron chi connectivity index (χ3n) is 5.65. The summed E-state index contributed by atoms with van der Waals surface area (Å²) in [5, 5.41) is 5.13. The first kappa shape index (κ1) is 25.0. The fraction of sp³-hybridized carbons (Fsp3) is 0.391. The van der Waals surface area contributed by atoms with E-state index >= 15 is 0 Å². The molecule has 1 saturated heterocycles. The second-order valence-electron chi connectivity index (χ2n) is 8.13. The van der Waals surface area contributed by atoms with Gasteiger partial charge in [0, 0.05) is 23.2 Å². The van der Waals surface area contributed by atoms with E-state index in [1.54, 1.807) is 0 Å². The number of piperidine rings is 1. The molecule has 4 N–H and O–H groups in total. The number of likely N-dealkylation sites (tertiary alicyclic amines) is 1. The Kier molecular flexibility index (Phi) is 8.36. The van der Waals surface area contributed by atoms with E-state index < -0.39 is 23.6 Å². The van der Waals surface area contributed by atoms with Crippen LogP contribution in [0.15, 0.2) is 46.9 Å². The smallest absolute Gasteiger partial charge is 0.398 e. The van der Waals surface area contributed by atoms with Crippen LogP contribution in [0.25, 0.3) is 0 Å². The molecule has 0 atom stereocenters. The standard InChI is InChI=1S/C23H26BrF3N4O2/c24-18-4-1-16(2-5-18)14-31-9-7-15(8-10-31)12-29-21(32)13-30-22(33)19-11-17(23(25,26)27)3-6-20(19)28/h1-6,11,15H,7-10,12-14,28H2,(H,29,32)(H,30,33). The van der Waals surface area contributed by atoms with Gasteiger partial charge in [0.05, 0.1) is 17.7 Å². The highest BCUT2D eigenvalue weighted by atomic mass is 79.9. The Bertz CT molecular complexity index is 975. The molecule has 0 radical (unpaired) electrons. The summed E-state index contributed by atoms with van der Waals surface area (Å²) in [6.45, 7) is 2.91. The summed E-state index contributed by atoms with van der Waals surface area (Å²) in [4.78, 5) is 26.7. The third-order valence-corrected chi connectivity index (χ3v) is 6.18. The number of hydrogen-bond acceptors (Lipinski definition) is 4. The molecule has 0 spiro atoms. The van der Waals surface area contributed by atoms with Gasteiger partial charge in [-0.1, -0.05) is 28.1 Å². The molecule has 2 amide bonds. The molecule has 1 heterocycles. The van der Waals surface area contributed by atoms with Gasteiger partial charge in [-0.05, 0) is 67.7 Å². The summed E-state index contributed by atoms with van der Waals surface area (Å²) in [5.41, 5.74) is 5.51. The van der Waals surface area contributed by atoms with Crippen LogP contribution < -0.4 is 16.4 Å². The fourth-order valence-corrected chi connectivity index (χ4v) is 3.97. The third kappa shape index (κ3) is 7.46. The Hall–Kier alpha value is -2.59. The predicted molar refractivity (Wildman–Crippen MR) is 123 cm³/mol. The first-order valence-corrected chi connectivity index (χ1v) is 11.4. The molecule has 6 nitrogen and oxygen atoms in total. The maximum Gasteiger partial charge on any atom is 0.416 e. The number of alkyl halides is 3.